The molecule has 0 saturated heterocycles. The first-order valence-electron chi connectivity index (χ1n) is 8.58. The molecule has 0 radical (unpaired) electrons. The number of benzene rings is 2. The van der Waals surface area contributed by atoms with Gasteiger partial charge in [0, 0.05) is 29.6 Å². The Morgan fingerprint density at radius 3 is 2.67 bits per heavy atom. The lowest BCUT2D eigenvalue weighted by molar-refractivity contribution is -0.132. The minimum atomic E-state index is -1.01. The first-order chi connectivity index (χ1) is 12.8. The molecule has 0 aromatic heterocycles. The van der Waals surface area contributed by atoms with Gasteiger partial charge in [-0.25, -0.2) is 0 Å². The summed E-state index contributed by atoms with van der Waals surface area (Å²) in [6.45, 7) is 3.98. The monoisotopic (exact) mass is 406 g/mol. The number of carbonyl (C=O) groups is 2. The zero-order chi connectivity index (χ0) is 19.6. The van der Waals surface area contributed by atoms with Gasteiger partial charge in [0.15, 0.2) is 5.60 Å². The van der Waals surface area contributed by atoms with Crippen molar-refractivity contribution in [3.8, 4) is 5.75 Å². The summed E-state index contributed by atoms with van der Waals surface area (Å²) < 4.78 is 5.78. The summed E-state index contributed by atoms with van der Waals surface area (Å²) in [4.78, 5) is 26.6. The summed E-state index contributed by atoms with van der Waals surface area (Å²) in [5.74, 6) is 0.187. The van der Waals surface area contributed by atoms with Gasteiger partial charge in [-0.15, -0.1) is 0 Å². The Kier molecular flexibility index (Phi) is 5.63. The lowest BCUT2D eigenvalue weighted by atomic mass is 10.0. The van der Waals surface area contributed by atoms with Crippen molar-refractivity contribution in [2.75, 3.05) is 11.4 Å². The number of ether oxygens (including phenoxy) is 1. The Hall–Kier alpha value is -2.24. The van der Waals surface area contributed by atoms with Gasteiger partial charge in [0.1, 0.15) is 5.75 Å². The molecule has 3 rings (SSSR count). The van der Waals surface area contributed by atoms with Crippen LogP contribution in [0.2, 0.25) is 10.0 Å². The Bertz CT molecular complexity index is 883. The summed E-state index contributed by atoms with van der Waals surface area (Å²) in [6.07, 6.45) is 0.151. The second-order valence-corrected chi connectivity index (χ2v) is 7.64. The second kappa shape index (κ2) is 7.79. The van der Waals surface area contributed by atoms with Gasteiger partial charge in [0.2, 0.25) is 5.91 Å². The van der Waals surface area contributed by atoms with E-state index >= 15 is 0 Å². The Labute approximate surface area is 168 Å². The molecule has 1 N–H and O–H groups in total. The summed E-state index contributed by atoms with van der Waals surface area (Å²) in [6, 6.07) is 12.4. The fourth-order valence-electron chi connectivity index (χ4n) is 2.90. The first kappa shape index (κ1) is 19.5. The predicted octanol–water partition coefficient (Wildman–Crippen LogP) is 4.20. The smallest absolute Gasteiger partial charge is 0.270 e. The highest BCUT2D eigenvalue weighted by Gasteiger charge is 2.40. The van der Waals surface area contributed by atoms with Gasteiger partial charge in [-0.05, 0) is 43.7 Å². The lowest BCUT2D eigenvalue weighted by Crippen LogP contribution is -2.53. The predicted molar refractivity (Wildman–Crippen MR) is 106 cm³/mol. The molecule has 1 aliphatic rings. The van der Waals surface area contributed by atoms with Crippen LogP contribution in [0.4, 0.5) is 5.69 Å². The molecule has 2 aromatic rings. The summed E-state index contributed by atoms with van der Waals surface area (Å²) >= 11 is 12.2. The molecular formula is C20H20Cl2N2O3. The molecule has 2 aromatic carbocycles. The Balaban J connectivity index is 1.67. The number of anilines is 1. The van der Waals surface area contributed by atoms with Crippen LogP contribution in [0.1, 0.15) is 25.8 Å². The maximum Gasteiger partial charge on any atom is 0.270 e. The van der Waals surface area contributed by atoms with Crippen LogP contribution in [0.25, 0.3) is 0 Å². The zero-order valence-corrected chi connectivity index (χ0v) is 16.6. The number of amides is 2. The van der Waals surface area contributed by atoms with Crippen LogP contribution in [0, 0.1) is 0 Å². The molecule has 0 bridgehead atoms. The van der Waals surface area contributed by atoms with E-state index in [2.05, 4.69) is 5.32 Å². The maximum absolute atomic E-state index is 12.8. The van der Waals surface area contributed by atoms with Crippen LogP contribution in [-0.4, -0.2) is 24.0 Å². The molecule has 0 aliphatic carbocycles. The van der Waals surface area contributed by atoms with Crippen molar-refractivity contribution >= 4 is 40.7 Å². The van der Waals surface area contributed by atoms with Crippen molar-refractivity contribution in [2.24, 2.45) is 0 Å². The molecule has 0 saturated carbocycles. The van der Waals surface area contributed by atoms with E-state index in [0.29, 0.717) is 28.0 Å². The van der Waals surface area contributed by atoms with E-state index in [1.54, 1.807) is 43.0 Å². The minimum absolute atomic E-state index is 0.151. The number of rotatable bonds is 5. The normalized spacial score (nSPS) is 15.1. The van der Waals surface area contributed by atoms with Gasteiger partial charge < -0.3 is 15.0 Å². The Morgan fingerprint density at radius 2 is 1.93 bits per heavy atom. The average molecular weight is 407 g/mol. The molecule has 2 amide bonds. The van der Waals surface area contributed by atoms with E-state index in [0.717, 1.165) is 5.56 Å². The van der Waals surface area contributed by atoms with E-state index in [1.165, 1.54) is 0 Å². The van der Waals surface area contributed by atoms with Crippen LogP contribution in [-0.2, 0) is 16.1 Å². The van der Waals surface area contributed by atoms with Gasteiger partial charge in [0.05, 0.1) is 5.69 Å². The SMILES string of the molecule is CC1(C)Oc2ccc(Cl)cc2N(CCC(=O)NCc2ccccc2Cl)C1=O. The second-order valence-electron chi connectivity index (χ2n) is 6.80. The van der Waals surface area contributed by atoms with Gasteiger partial charge in [-0.3, -0.25) is 9.59 Å². The van der Waals surface area contributed by atoms with E-state index in [1.807, 2.05) is 18.2 Å². The fourth-order valence-corrected chi connectivity index (χ4v) is 3.27. The van der Waals surface area contributed by atoms with Crippen LogP contribution in [0.5, 0.6) is 5.75 Å². The van der Waals surface area contributed by atoms with E-state index in [4.69, 9.17) is 27.9 Å². The number of carbonyl (C=O) groups excluding carboxylic acids is 2. The largest absolute Gasteiger partial charge is 0.476 e. The molecule has 0 fully saturated rings. The van der Waals surface area contributed by atoms with Gasteiger partial charge in [0.25, 0.3) is 5.91 Å². The molecule has 0 unspecified atom stereocenters. The number of hydrogen-bond acceptors (Lipinski definition) is 3. The van der Waals surface area contributed by atoms with E-state index in [9.17, 15) is 9.59 Å². The minimum Gasteiger partial charge on any atom is -0.476 e. The first-order valence-corrected chi connectivity index (χ1v) is 9.34. The molecular weight excluding hydrogens is 387 g/mol. The molecule has 7 heteroatoms. The van der Waals surface area contributed by atoms with Crippen molar-refractivity contribution in [3.63, 3.8) is 0 Å². The summed E-state index contributed by atoms with van der Waals surface area (Å²) in [7, 11) is 0. The highest BCUT2D eigenvalue weighted by atomic mass is 35.5. The highest BCUT2D eigenvalue weighted by molar-refractivity contribution is 6.31. The number of fused-ring (bicyclic) bond motifs is 1. The van der Waals surface area contributed by atoms with E-state index < -0.39 is 5.60 Å². The molecule has 1 aliphatic heterocycles. The molecule has 1 heterocycles. The third-order valence-corrected chi connectivity index (χ3v) is 4.94. The third kappa shape index (κ3) is 4.37. The van der Waals surface area contributed by atoms with Crippen molar-refractivity contribution in [3.05, 3.63) is 58.1 Å². The molecule has 142 valence electrons. The summed E-state index contributed by atoms with van der Waals surface area (Å²) in [5.41, 5.74) is 0.411. The fraction of sp³-hybridized carbons (Fsp3) is 0.300. The van der Waals surface area contributed by atoms with Crippen LogP contribution >= 0.6 is 23.2 Å². The standard InChI is InChI=1S/C20H20Cl2N2O3/c1-20(2)19(26)24(16-11-14(21)7-8-17(16)27-20)10-9-18(25)23-12-13-5-3-4-6-15(13)22/h3-8,11H,9-10,12H2,1-2H3,(H,23,25). The zero-order valence-electron chi connectivity index (χ0n) is 15.1. The lowest BCUT2D eigenvalue weighted by Gasteiger charge is -2.38. The van der Waals surface area contributed by atoms with Crippen LogP contribution in [0.15, 0.2) is 42.5 Å². The van der Waals surface area contributed by atoms with Gasteiger partial charge in [-0.1, -0.05) is 41.4 Å². The number of nitrogens with zero attached hydrogens (tertiary/aromatic N) is 1. The average Bonchev–Trinajstić information content (AvgIpc) is 2.62. The molecule has 5 nitrogen and oxygen atoms in total. The van der Waals surface area contributed by atoms with Crippen molar-refractivity contribution < 1.29 is 14.3 Å². The van der Waals surface area contributed by atoms with Crippen molar-refractivity contribution in [2.45, 2.75) is 32.4 Å². The van der Waals surface area contributed by atoms with E-state index in [-0.39, 0.29) is 24.8 Å². The van der Waals surface area contributed by atoms with Crippen molar-refractivity contribution in [1.82, 2.24) is 5.32 Å². The number of nitrogens with one attached hydrogen (secondary N) is 1. The maximum atomic E-state index is 12.8. The van der Waals surface area contributed by atoms with Gasteiger partial charge >= 0.3 is 0 Å². The molecule has 27 heavy (non-hydrogen) atoms. The number of hydrogen-bond donors (Lipinski definition) is 1. The third-order valence-electron chi connectivity index (χ3n) is 4.33. The van der Waals surface area contributed by atoms with Gasteiger partial charge in [-0.2, -0.15) is 0 Å². The Morgan fingerprint density at radius 1 is 1.19 bits per heavy atom. The molecule has 0 spiro atoms. The van der Waals surface area contributed by atoms with Crippen molar-refractivity contribution in [1.29, 1.82) is 0 Å². The molecule has 0 atom stereocenters. The number of halogens is 2. The van der Waals surface area contributed by atoms with Crippen LogP contribution in [0.3, 0.4) is 0 Å². The topological polar surface area (TPSA) is 58.6 Å². The summed E-state index contributed by atoms with van der Waals surface area (Å²) in [5, 5.41) is 3.93. The highest BCUT2D eigenvalue weighted by Crippen LogP contribution is 2.39. The van der Waals surface area contributed by atoms with Crippen LogP contribution < -0.4 is 15.0 Å². The quantitative estimate of drug-likeness (QED) is 0.808.